The predicted octanol–water partition coefficient (Wildman–Crippen LogP) is 5.32. The van der Waals surface area contributed by atoms with Gasteiger partial charge in [-0.15, -0.1) is 11.3 Å². The van der Waals surface area contributed by atoms with Crippen molar-refractivity contribution < 1.29 is 9.53 Å². The number of piperidine rings is 1. The van der Waals surface area contributed by atoms with E-state index in [1.807, 2.05) is 59.6 Å². The van der Waals surface area contributed by atoms with Crippen molar-refractivity contribution in [1.82, 2.24) is 4.90 Å². The summed E-state index contributed by atoms with van der Waals surface area (Å²) in [7, 11) is 0. The summed E-state index contributed by atoms with van der Waals surface area (Å²) in [5.41, 5.74) is 0.708. The van der Waals surface area contributed by atoms with E-state index in [1.165, 1.54) is 4.88 Å². The Balaban J connectivity index is 1.61. The molecule has 4 rings (SSSR count). The minimum atomic E-state index is 0.0925. The van der Waals surface area contributed by atoms with Gasteiger partial charge in [0.25, 0.3) is 5.91 Å². The molecule has 1 amide bonds. The van der Waals surface area contributed by atoms with Crippen molar-refractivity contribution >= 4 is 28.0 Å². The summed E-state index contributed by atoms with van der Waals surface area (Å²) in [5.74, 6) is 1.37. The number of rotatable bonds is 4. The maximum absolute atomic E-state index is 13.4. The van der Waals surface area contributed by atoms with E-state index in [0.717, 1.165) is 36.7 Å². The van der Waals surface area contributed by atoms with Crippen LogP contribution >= 0.6 is 11.3 Å². The number of likely N-dealkylation sites (tertiary alicyclic amines) is 1. The lowest BCUT2D eigenvalue weighted by molar-refractivity contribution is 0.0712. The van der Waals surface area contributed by atoms with Gasteiger partial charge in [-0.2, -0.15) is 0 Å². The molecule has 0 aliphatic carbocycles. The zero-order chi connectivity index (χ0) is 17.9. The van der Waals surface area contributed by atoms with Crippen LogP contribution in [-0.2, 0) is 0 Å². The highest BCUT2D eigenvalue weighted by Crippen LogP contribution is 2.34. The van der Waals surface area contributed by atoms with Gasteiger partial charge in [-0.05, 0) is 54.0 Å². The number of ether oxygens (including phenoxy) is 1. The molecular weight excluding hydrogens is 342 g/mol. The highest BCUT2D eigenvalue weighted by molar-refractivity contribution is 7.10. The molecule has 0 unspecified atom stereocenters. The molecule has 0 N–H and O–H groups in total. The highest BCUT2D eigenvalue weighted by atomic mass is 32.1. The van der Waals surface area contributed by atoms with Gasteiger partial charge in [-0.1, -0.05) is 36.4 Å². The molecule has 4 heteroatoms. The van der Waals surface area contributed by atoms with Gasteiger partial charge in [0.2, 0.25) is 0 Å². The van der Waals surface area contributed by atoms with Gasteiger partial charge in [-0.3, -0.25) is 4.79 Å². The molecule has 134 valence electrons. The number of carbonyl (C=O) groups is 1. The average molecular weight is 365 g/mol. The van der Waals surface area contributed by atoms with Gasteiger partial charge >= 0.3 is 0 Å². The van der Waals surface area contributed by atoms with E-state index in [0.29, 0.717) is 23.8 Å². The number of carbonyl (C=O) groups excluding carboxylic acids is 1. The van der Waals surface area contributed by atoms with Gasteiger partial charge in [0.1, 0.15) is 5.75 Å². The summed E-state index contributed by atoms with van der Waals surface area (Å²) in [6.45, 7) is 4.11. The lowest BCUT2D eigenvalue weighted by atomic mass is 9.94. The third kappa shape index (κ3) is 3.21. The van der Waals surface area contributed by atoms with Crippen LogP contribution in [-0.4, -0.2) is 30.5 Å². The Kier molecular flexibility index (Phi) is 4.93. The van der Waals surface area contributed by atoms with Gasteiger partial charge in [0, 0.05) is 18.0 Å². The smallest absolute Gasteiger partial charge is 0.258 e. The van der Waals surface area contributed by atoms with Crippen molar-refractivity contribution in [3.05, 3.63) is 64.4 Å². The number of hydrogen-bond donors (Lipinski definition) is 0. The topological polar surface area (TPSA) is 29.5 Å². The minimum Gasteiger partial charge on any atom is -0.493 e. The Bertz CT molecular complexity index is 896. The Morgan fingerprint density at radius 3 is 2.65 bits per heavy atom. The first-order valence-corrected chi connectivity index (χ1v) is 10.1. The molecule has 1 aliphatic heterocycles. The zero-order valence-electron chi connectivity index (χ0n) is 15.0. The fourth-order valence-electron chi connectivity index (χ4n) is 3.80. The second kappa shape index (κ2) is 7.50. The Labute approximate surface area is 158 Å². The number of benzene rings is 2. The number of amides is 1. The van der Waals surface area contributed by atoms with Crippen molar-refractivity contribution in [3.8, 4) is 5.75 Å². The molecule has 1 saturated heterocycles. The molecule has 0 radical (unpaired) electrons. The van der Waals surface area contributed by atoms with Crippen LogP contribution in [0.15, 0.2) is 53.9 Å². The van der Waals surface area contributed by atoms with Crippen LogP contribution < -0.4 is 4.74 Å². The summed E-state index contributed by atoms with van der Waals surface area (Å²) >= 11 is 1.82. The van der Waals surface area contributed by atoms with Crippen LogP contribution in [0.5, 0.6) is 5.75 Å². The molecule has 1 aromatic heterocycles. The van der Waals surface area contributed by atoms with E-state index >= 15 is 0 Å². The van der Waals surface area contributed by atoms with Gasteiger partial charge < -0.3 is 9.64 Å². The van der Waals surface area contributed by atoms with Gasteiger partial charge in [0.05, 0.1) is 12.2 Å². The van der Waals surface area contributed by atoms with Crippen LogP contribution in [0.2, 0.25) is 0 Å². The average Bonchev–Trinajstić information content (AvgIpc) is 3.22. The second-order valence-electron chi connectivity index (χ2n) is 6.67. The van der Waals surface area contributed by atoms with E-state index in [2.05, 4.69) is 17.5 Å². The standard InChI is InChI=1S/C22H23NO2S/c1-2-25-19-10-9-16-6-3-4-7-18(16)21(19)22(24)23-13-11-17(12-14-23)20-8-5-15-26-20/h3-10,15,17H,2,11-14H2,1H3. The maximum atomic E-state index is 13.4. The monoisotopic (exact) mass is 365 g/mol. The lowest BCUT2D eigenvalue weighted by Gasteiger charge is -2.32. The molecule has 1 fully saturated rings. The fraction of sp³-hybridized carbons (Fsp3) is 0.318. The zero-order valence-corrected chi connectivity index (χ0v) is 15.8. The van der Waals surface area contributed by atoms with Crippen LogP contribution in [0, 0.1) is 0 Å². The van der Waals surface area contributed by atoms with E-state index in [-0.39, 0.29) is 5.91 Å². The van der Waals surface area contributed by atoms with Crippen molar-refractivity contribution in [1.29, 1.82) is 0 Å². The third-order valence-electron chi connectivity index (χ3n) is 5.13. The molecule has 3 aromatic rings. The Morgan fingerprint density at radius 2 is 1.92 bits per heavy atom. The first-order chi connectivity index (χ1) is 12.8. The molecule has 0 bridgehead atoms. The van der Waals surface area contributed by atoms with Crippen molar-refractivity contribution in [2.24, 2.45) is 0 Å². The first-order valence-electron chi connectivity index (χ1n) is 9.25. The van der Waals surface area contributed by atoms with Crippen molar-refractivity contribution in [2.75, 3.05) is 19.7 Å². The number of thiophene rings is 1. The quantitative estimate of drug-likeness (QED) is 0.626. The van der Waals surface area contributed by atoms with Gasteiger partial charge in [-0.25, -0.2) is 0 Å². The number of hydrogen-bond acceptors (Lipinski definition) is 3. The van der Waals surface area contributed by atoms with E-state index in [1.54, 1.807) is 0 Å². The largest absolute Gasteiger partial charge is 0.493 e. The summed E-state index contributed by atoms with van der Waals surface area (Å²) in [6.07, 6.45) is 2.06. The minimum absolute atomic E-state index is 0.0925. The molecule has 0 saturated carbocycles. The Morgan fingerprint density at radius 1 is 1.12 bits per heavy atom. The van der Waals surface area contributed by atoms with E-state index in [4.69, 9.17) is 4.74 Å². The second-order valence-corrected chi connectivity index (χ2v) is 7.65. The SMILES string of the molecule is CCOc1ccc2ccccc2c1C(=O)N1CCC(c2cccs2)CC1. The number of fused-ring (bicyclic) bond motifs is 1. The van der Waals surface area contributed by atoms with Crippen molar-refractivity contribution in [3.63, 3.8) is 0 Å². The van der Waals surface area contributed by atoms with Crippen LogP contribution in [0.3, 0.4) is 0 Å². The molecule has 0 spiro atoms. The molecule has 3 nitrogen and oxygen atoms in total. The van der Waals surface area contributed by atoms with Gasteiger partial charge in [0.15, 0.2) is 0 Å². The molecular formula is C22H23NO2S. The number of nitrogens with zero attached hydrogens (tertiary/aromatic N) is 1. The molecule has 2 aromatic carbocycles. The van der Waals surface area contributed by atoms with E-state index < -0.39 is 0 Å². The van der Waals surface area contributed by atoms with Crippen LogP contribution in [0.4, 0.5) is 0 Å². The summed E-state index contributed by atoms with van der Waals surface area (Å²) in [6, 6.07) is 16.3. The summed E-state index contributed by atoms with van der Waals surface area (Å²) < 4.78 is 5.79. The fourth-order valence-corrected chi connectivity index (χ4v) is 4.70. The lowest BCUT2D eigenvalue weighted by Crippen LogP contribution is -2.38. The van der Waals surface area contributed by atoms with E-state index in [9.17, 15) is 4.79 Å². The molecule has 2 heterocycles. The normalized spacial score (nSPS) is 15.3. The maximum Gasteiger partial charge on any atom is 0.258 e. The van der Waals surface area contributed by atoms with Crippen LogP contribution in [0.1, 0.15) is 40.9 Å². The van der Waals surface area contributed by atoms with Crippen LogP contribution in [0.25, 0.3) is 10.8 Å². The Hall–Kier alpha value is -2.33. The molecule has 0 atom stereocenters. The summed E-state index contributed by atoms with van der Waals surface area (Å²) in [5, 5.41) is 4.19. The van der Waals surface area contributed by atoms with Crippen molar-refractivity contribution in [2.45, 2.75) is 25.7 Å². The molecule has 26 heavy (non-hydrogen) atoms. The highest BCUT2D eigenvalue weighted by Gasteiger charge is 2.27. The summed E-state index contributed by atoms with van der Waals surface area (Å²) in [4.78, 5) is 16.8. The molecule has 1 aliphatic rings. The predicted molar refractivity (Wildman–Crippen MR) is 107 cm³/mol. The first kappa shape index (κ1) is 17.1. The third-order valence-corrected chi connectivity index (χ3v) is 6.17.